The first-order valence-electron chi connectivity index (χ1n) is 7.16. The fraction of sp³-hybridized carbons (Fsp3) is 0.643. The second-order valence-electron chi connectivity index (χ2n) is 5.57. The monoisotopic (exact) mass is 345 g/mol. The molecule has 0 bridgehead atoms. The first-order valence-corrected chi connectivity index (χ1v) is 7.95. The molecule has 8 heteroatoms. The van der Waals surface area contributed by atoms with E-state index >= 15 is 0 Å². The second kappa shape index (κ2) is 9.07. The van der Waals surface area contributed by atoms with Crippen LogP contribution in [0.4, 0.5) is 0 Å². The van der Waals surface area contributed by atoms with Crippen LogP contribution in [-0.2, 0) is 11.3 Å². The van der Waals surface area contributed by atoms with E-state index in [1.165, 1.54) is 0 Å². The van der Waals surface area contributed by atoms with Gasteiger partial charge in [0.15, 0.2) is 5.11 Å². The van der Waals surface area contributed by atoms with Gasteiger partial charge in [-0.3, -0.25) is 10.1 Å². The third-order valence-corrected chi connectivity index (χ3v) is 3.41. The highest BCUT2D eigenvalue weighted by atomic mass is 35.5. The summed E-state index contributed by atoms with van der Waals surface area (Å²) in [5.41, 5.74) is 4.39. The zero-order valence-corrected chi connectivity index (χ0v) is 15.3. The zero-order chi connectivity index (χ0) is 16.7. The lowest BCUT2D eigenvalue weighted by Gasteiger charge is -2.13. The van der Waals surface area contributed by atoms with E-state index in [-0.39, 0.29) is 6.04 Å². The van der Waals surface area contributed by atoms with Crippen LogP contribution < -0.4 is 10.7 Å². The van der Waals surface area contributed by atoms with Crippen molar-refractivity contribution in [3.05, 3.63) is 16.4 Å². The predicted octanol–water partition coefficient (Wildman–Crippen LogP) is 2.33. The highest BCUT2D eigenvalue weighted by molar-refractivity contribution is 7.80. The maximum Gasteiger partial charge on any atom is 0.187 e. The Morgan fingerprint density at radius 2 is 2.18 bits per heavy atom. The Labute approximate surface area is 142 Å². The number of hydrogen-bond acceptors (Lipinski definition) is 4. The SMILES string of the molecule is COC[C@@H](C)NC(=S)N/N=C\c1c(C)nn(CC(C)C)c1Cl. The topological polar surface area (TPSA) is 63.5 Å². The van der Waals surface area contributed by atoms with Crippen LogP contribution in [-0.4, -0.2) is 40.9 Å². The third-order valence-electron chi connectivity index (χ3n) is 2.80. The van der Waals surface area contributed by atoms with Gasteiger partial charge in [-0.15, -0.1) is 0 Å². The average Bonchev–Trinajstić information content (AvgIpc) is 2.65. The summed E-state index contributed by atoms with van der Waals surface area (Å²) >= 11 is 11.5. The molecule has 1 rings (SSSR count). The van der Waals surface area contributed by atoms with E-state index in [2.05, 4.69) is 34.8 Å². The fourth-order valence-corrected chi connectivity index (χ4v) is 2.43. The number of thiocarbonyl (C=S) groups is 1. The molecule has 1 heterocycles. The molecule has 2 N–H and O–H groups in total. The molecule has 0 spiro atoms. The first-order chi connectivity index (χ1) is 10.3. The van der Waals surface area contributed by atoms with Crippen molar-refractivity contribution < 1.29 is 4.74 Å². The number of nitrogens with zero attached hydrogens (tertiary/aromatic N) is 3. The van der Waals surface area contributed by atoms with Crippen molar-refractivity contribution >= 4 is 35.1 Å². The van der Waals surface area contributed by atoms with Gasteiger partial charge in [0.05, 0.1) is 24.1 Å². The van der Waals surface area contributed by atoms with Crippen LogP contribution >= 0.6 is 23.8 Å². The molecule has 1 aromatic heterocycles. The normalized spacial score (nSPS) is 12.9. The molecule has 0 aliphatic heterocycles. The van der Waals surface area contributed by atoms with Crippen LogP contribution in [0.1, 0.15) is 32.0 Å². The number of hydrazone groups is 1. The summed E-state index contributed by atoms with van der Waals surface area (Å²) < 4.78 is 6.82. The highest BCUT2D eigenvalue weighted by Gasteiger charge is 2.12. The van der Waals surface area contributed by atoms with Crippen LogP contribution in [0.5, 0.6) is 0 Å². The van der Waals surface area contributed by atoms with Crippen molar-refractivity contribution in [2.75, 3.05) is 13.7 Å². The number of nitrogens with one attached hydrogen (secondary N) is 2. The van der Waals surface area contributed by atoms with E-state index in [4.69, 9.17) is 28.6 Å². The summed E-state index contributed by atoms with van der Waals surface area (Å²) in [6.07, 6.45) is 1.64. The molecule has 0 aliphatic rings. The largest absolute Gasteiger partial charge is 0.383 e. The van der Waals surface area contributed by atoms with Crippen LogP contribution in [0.25, 0.3) is 0 Å². The summed E-state index contributed by atoms with van der Waals surface area (Å²) in [5.74, 6) is 0.471. The summed E-state index contributed by atoms with van der Waals surface area (Å²) in [5, 5.41) is 12.6. The molecular formula is C14H24ClN5OS. The Hall–Kier alpha value is -1.18. The molecule has 0 saturated carbocycles. The first kappa shape index (κ1) is 18.9. The Morgan fingerprint density at radius 1 is 1.50 bits per heavy atom. The predicted molar refractivity (Wildman–Crippen MR) is 94.6 cm³/mol. The third kappa shape index (κ3) is 5.90. The van der Waals surface area contributed by atoms with Crippen LogP contribution in [0, 0.1) is 12.8 Å². The van der Waals surface area contributed by atoms with Crippen molar-refractivity contribution in [3.8, 4) is 0 Å². The molecule has 0 fully saturated rings. The smallest absolute Gasteiger partial charge is 0.187 e. The Bertz CT molecular complexity index is 530. The maximum absolute atomic E-state index is 6.33. The minimum atomic E-state index is 0.110. The lowest BCUT2D eigenvalue weighted by atomic mass is 10.2. The van der Waals surface area contributed by atoms with Gasteiger partial charge in [0.2, 0.25) is 0 Å². The molecule has 0 amide bonds. The molecule has 1 aromatic rings. The lowest BCUT2D eigenvalue weighted by Crippen LogP contribution is -2.40. The number of ether oxygens (including phenoxy) is 1. The Balaban J connectivity index is 2.63. The van der Waals surface area contributed by atoms with Crippen LogP contribution in [0.2, 0.25) is 5.15 Å². The van der Waals surface area contributed by atoms with E-state index in [1.54, 1.807) is 18.0 Å². The second-order valence-corrected chi connectivity index (χ2v) is 6.33. The molecular weight excluding hydrogens is 322 g/mol. The Kier molecular flexibility index (Phi) is 7.78. The molecule has 22 heavy (non-hydrogen) atoms. The minimum Gasteiger partial charge on any atom is -0.383 e. The van der Waals surface area contributed by atoms with E-state index in [0.717, 1.165) is 17.8 Å². The zero-order valence-electron chi connectivity index (χ0n) is 13.7. The maximum atomic E-state index is 6.33. The van der Waals surface area contributed by atoms with Crippen molar-refractivity contribution in [1.82, 2.24) is 20.5 Å². The minimum absolute atomic E-state index is 0.110. The van der Waals surface area contributed by atoms with Gasteiger partial charge in [-0.1, -0.05) is 25.4 Å². The van der Waals surface area contributed by atoms with Crippen LogP contribution in [0.3, 0.4) is 0 Å². The summed E-state index contributed by atoms with van der Waals surface area (Å²) in [6.45, 7) is 9.45. The summed E-state index contributed by atoms with van der Waals surface area (Å²) in [7, 11) is 1.65. The van der Waals surface area contributed by atoms with Crippen LogP contribution in [0.15, 0.2) is 5.10 Å². The Morgan fingerprint density at radius 3 is 2.77 bits per heavy atom. The fourth-order valence-electron chi connectivity index (χ4n) is 1.88. The molecule has 6 nitrogen and oxygen atoms in total. The van der Waals surface area contributed by atoms with Crippen molar-refractivity contribution in [2.24, 2.45) is 11.0 Å². The molecule has 0 aromatic carbocycles. The number of aromatic nitrogens is 2. The molecule has 0 radical (unpaired) electrons. The van der Waals surface area contributed by atoms with Gasteiger partial charge in [0.25, 0.3) is 0 Å². The highest BCUT2D eigenvalue weighted by Crippen LogP contribution is 2.18. The van der Waals surface area contributed by atoms with Gasteiger partial charge in [-0.25, -0.2) is 0 Å². The van der Waals surface area contributed by atoms with Gasteiger partial charge in [-0.2, -0.15) is 10.2 Å². The van der Waals surface area contributed by atoms with Crippen molar-refractivity contribution in [3.63, 3.8) is 0 Å². The molecule has 124 valence electrons. The summed E-state index contributed by atoms with van der Waals surface area (Å²) in [4.78, 5) is 0. The number of aryl methyl sites for hydroxylation is 1. The average molecular weight is 346 g/mol. The molecule has 1 atom stereocenters. The van der Waals surface area contributed by atoms with Gasteiger partial charge < -0.3 is 10.1 Å². The number of hydrogen-bond donors (Lipinski definition) is 2. The standard InChI is InChI=1S/C14H24ClN5OS/c1-9(2)7-20-13(15)12(11(4)19-20)6-16-18-14(22)17-10(3)8-21-5/h6,9-10H,7-8H2,1-5H3,(H2,17,18,22)/b16-6-/t10-/m1/s1. The number of halogens is 1. The van der Waals surface area contributed by atoms with Crippen molar-refractivity contribution in [2.45, 2.75) is 40.3 Å². The number of methoxy groups -OCH3 is 1. The van der Waals surface area contributed by atoms with Gasteiger partial charge in [0, 0.05) is 19.7 Å². The molecule has 0 saturated heterocycles. The van der Waals surface area contributed by atoms with E-state index in [0.29, 0.717) is 22.8 Å². The number of rotatable bonds is 7. The lowest BCUT2D eigenvalue weighted by molar-refractivity contribution is 0.179. The van der Waals surface area contributed by atoms with Gasteiger partial charge in [0.1, 0.15) is 5.15 Å². The van der Waals surface area contributed by atoms with Gasteiger partial charge >= 0.3 is 0 Å². The molecule has 0 aliphatic carbocycles. The molecule has 0 unspecified atom stereocenters. The van der Waals surface area contributed by atoms with E-state index in [1.807, 2.05) is 13.8 Å². The van der Waals surface area contributed by atoms with E-state index < -0.39 is 0 Å². The van der Waals surface area contributed by atoms with E-state index in [9.17, 15) is 0 Å². The van der Waals surface area contributed by atoms with Crippen molar-refractivity contribution in [1.29, 1.82) is 0 Å². The summed E-state index contributed by atoms with van der Waals surface area (Å²) in [6, 6.07) is 0.110. The van der Waals surface area contributed by atoms with Gasteiger partial charge in [-0.05, 0) is 32.0 Å². The quantitative estimate of drug-likeness (QED) is 0.451.